The summed E-state index contributed by atoms with van der Waals surface area (Å²) < 4.78 is 73.5. The number of benzene rings is 3. The Labute approximate surface area is 396 Å². The fourth-order valence-electron chi connectivity index (χ4n) is 12.8. The number of aromatic amines is 1. The van der Waals surface area contributed by atoms with Crippen molar-refractivity contribution in [2.24, 2.45) is 11.8 Å². The number of H-pyrrole nitrogens is 1. The number of hydrogen-bond donors (Lipinski definition) is 3. The predicted octanol–water partition coefficient (Wildman–Crippen LogP) is 6.83. The maximum atomic E-state index is 15.9. The summed E-state index contributed by atoms with van der Waals surface area (Å²) in [6.45, 7) is 3.06. The molecule has 6 atom stereocenters. The van der Waals surface area contributed by atoms with Crippen molar-refractivity contribution in [3.05, 3.63) is 113 Å². The number of carbonyl (C=O) groups is 4. The number of pyridine rings is 1. The number of piperidine rings is 4. The molecule has 18 heteroatoms. The number of imide groups is 1. The zero-order valence-electron chi connectivity index (χ0n) is 37.7. The van der Waals surface area contributed by atoms with Gasteiger partial charge in [-0.15, -0.1) is 0 Å². The molecule has 6 fully saturated rings. The van der Waals surface area contributed by atoms with Gasteiger partial charge in [0, 0.05) is 84.3 Å². The number of ketones is 1. The van der Waals surface area contributed by atoms with Gasteiger partial charge in [0.15, 0.2) is 5.82 Å². The summed E-state index contributed by atoms with van der Waals surface area (Å²) in [6.07, 6.45) is 9.07. The maximum Gasteiger partial charge on any atom is 0.301 e. The second kappa shape index (κ2) is 16.5. The highest BCUT2D eigenvalue weighted by atomic mass is 32.2. The van der Waals surface area contributed by atoms with Crippen LogP contribution in [-0.2, 0) is 26.3 Å². The lowest BCUT2D eigenvalue weighted by Gasteiger charge is -2.46. The Morgan fingerprint density at radius 2 is 1.72 bits per heavy atom. The van der Waals surface area contributed by atoms with Crippen LogP contribution in [0.25, 0.3) is 22.2 Å². The first-order valence-corrected chi connectivity index (χ1v) is 25.5. The summed E-state index contributed by atoms with van der Waals surface area (Å²) in [7, 11) is -4.36. The summed E-state index contributed by atoms with van der Waals surface area (Å²) in [5, 5.41) is 2.73. The Morgan fingerprint density at radius 1 is 0.913 bits per heavy atom. The largest absolute Gasteiger partial charge is 0.363 e. The van der Waals surface area contributed by atoms with E-state index in [9.17, 15) is 32.0 Å². The van der Waals surface area contributed by atoms with E-state index in [0.29, 0.717) is 58.9 Å². The van der Waals surface area contributed by atoms with Crippen molar-refractivity contribution in [1.82, 2.24) is 29.4 Å². The molecule has 2 bridgehead atoms. The molecule has 12 rings (SSSR count). The minimum Gasteiger partial charge on any atom is -0.363 e. The van der Waals surface area contributed by atoms with E-state index in [2.05, 4.69) is 54.1 Å². The number of fused-ring (bicyclic) bond motifs is 3. The van der Waals surface area contributed by atoms with E-state index in [1.807, 2.05) is 18.2 Å². The first-order valence-electron chi connectivity index (χ1n) is 24.0. The van der Waals surface area contributed by atoms with Gasteiger partial charge in [-0.05, 0) is 135 Å². The molecule has 69 heavy (non-hydrogen) atoms. The minimum atomic E-state index is -4.36. The van der Waals surface area contributed by atoms with Crippen molar-refractivity contribution in [2.45, 2.75) is 94.0 Å². The lowest BCUT2D eigenvalue weighted by molar-refractivity contribution is -0.136. The van der Waals surface area contributed by atoms with E-state index < -0.39 is 57.0 Å². The molecule has 3 amide bonds. The molecule has 2 aromatic heterocycles. The molecule has 1 spiro atoms. The molecule has 8 heterocycles. The molecule has 1 aliphatic carbocycles. The van der Waals surface area contributed by atoms with Crippen LogP contribution in [0.1, 0.15) is 101 Å². The number of likely N-dealkylation sites (tertiary alicyclic amines) is 1. The van der Waals surface area contributed by atoms with E-state index in [-0.39, 0.29) is 48.8 Å². The van der Waals surface area contributed by atoms with Crippen LogP contribution in [0.2, 0.25) is 0 Å². The highest BCUT2D eigenvalue weighted by molar-refractivity contribution is 7.90. The smallest absolute Gasteiger partial charge is 0.301 e. The number of anilines is 2. The molecule has 2 unspecified atom stereocenters. The summed E-state index contributed by atoms with van der Waals surface area (Å²) in [5.41, 5.74) is 4.54. The zero-order chi connectivity index (χ0) is 47.5. The molecule has 6 aliphatic heterocycles. The van der Waals surface area contributed by atoms with Crippen molar-refractivity contribution in [3.63, 3.8) is 0 Å². The summed E-state index contributed by atoms with van der Waals surface area (Å²) in [6, 6.07) is 17.9. The summed E-state index contributed by atoms with van der Waals surface area (Å²) in [4.78, 5) is 65.7. The van der Waals surface area contributed by atoms with Crippen LogP contribution in [0.4, 0.5) is 24.5 Å². The van der Waals surface area contributed by atoms with Gasteiger partial charge in [0.05, 0.1) is 11.3 Å². The van der Waals surface area contributed by atoms with Gasteiger partial charge in [0.25, 0.3) is 5.91 Å². The van der Waals surface area contributed by atoms with Crippen LogP contribution in [-0.4, -0.2) is 113 Å². The number of amides is 3. The van der Waals surface area contributed by atoms with E-state index in [1.165, 1.54) is 30.3 Å². The van der Waals surface area contributed by atoms with Gasteiger partial charge in [0.2, 0.25) is 17.6 Å². The Kier molecular flexibility index (Phi) is 10.6. The van der Waals surface area contributed by atoms with Crippen molar-refractivity contribution in [2.75, 3.05) is 42.3 Å². The quantitative estimate of drug-likeness (QED) is 0.0950. The predicted molar refractivity (Wildman–Crippen MR) is 250 cm³/mol. The second-order valence-corrected chi connectivity index (χ2v) is 22.0. The lowest BCUT2D eigenvalue weighted by Crippen LogP contribution is -2.52. The first-order chi connectivity index (χ1) is 33.2. The van der Waals surface area contributed by atoms with Crippen LogP contribution in [0.15, 0.2) is 73.1 Å². The van der Waals surface area contributed by atoms with Crippen molar-refractivity contribution in [1.29, 1.82) is 0 Å². The molecule has 1 saturated carbocycles. The van der Waals surface area contributed by atoms with Crippen molar-refractivity contribution < 1.29 is 40.8 Å². The topological polar surface area (TPSA) is 168 Å². The zero-order valence-corrected chi connectivity index (χ0v) is 38.5. The van der Waals surface area contributed by atoms with Gasteiger partial charge in [-0.25, -0.2) is 18.2 Å². The van der Waals surface area contributed by atoms with Gasteiger partial charge in [0.1, 0.15) is 23.7 Å². The minimum absolute atomic E-state index is 0.00624. The van der Waals surface area contributed by atoms with Crippen LogP contribution in [0.3, 0.4) is 0 Å². The lowest BCUT2D eigenvalue weighted by atomic mass is 9.84. The molecule has 0 radical (unpaired) electrons. The molecular weight excluding hydrogens is 910 g/mol. The van der Waals surface area contributed by atoms with E-state index in [1.54, 1.807) is 17.2 Å². The Hall–Kier alpha value is -6.11. The highest BCUT2D eigenvalue weighted by Crippen LogP contribution is 2.66. The van der Waals surface area contributed by atoms with Gasteiger partial charge in [-0.1, -0.05) is 24.3 Å². The van der Waals surface area contributed by atoms with E-state index in [0.717, 1.165) is 72.9 Å². The summed E-state index contributed by atoms with van der Waals surface area (Å²) in [5.74, 6) is -2.63. The van der Waals surface area contributed by atoms with Gasteiger partial charge in [-0.2, -0.15) is 12.7 Å². The molecule has 358 valence electrons. The Bertz CT molecular complexity index is 3090. The third kappa shape index (κ3) is 7.60. The van der Waals surface area contributed by atoms with Gasteiger partial charge < -0.3 is 19.7 Å². The maximum absolute atomic E-state index is 15.9. The third-order valence-corrected chi connectivity index (χ3v) is 17.7. The normalized spacial score (nSPS) is 27.2. The monoisotopic (exact) mass is 960 g/mol. The average molecular weight is 961 g/mol. The second-order valence-electron chi connectivity index (χ2n) is 20.3. The molecule has 3 aromatic carbocycles. The molecular formula is C51H51F3N8O6S. The molecule has 7 aliphatic rings. The standard InChI is InChI=1S/C51H51F3N8O6S/c52-35-13-16-60(27-35)69(67,68)58-42-8-7-41(53)45(46(42)54)47(64)40-24-56-48-39(40)19-32(23-55-48)29-1-4-36(5-2-29)62-37-17-28(21-51(62)22-34(51)20-37)25-59-14-11-30(12-15-59)31-3-6-38-33(18-31)26-61(50(38)66)43-9-10-44(63)57-49(43)65/h1-8,18-19,23-24,28,30,34-35,37,43,58H,9-17,20-22,25-27H2,(H,55,56)(H,57,63,65)/t28-,34-,35-,37+,43?,51?/m1/s1. The van der Waals surface area contributed by atoms with Crippen LogP contribution < -0.4 is 14.9 Å². The Balaban J connectivity index is 0.686. The number of nitrogens with one attached hydrogen (secondary N) is 3. The van der Waals surface area contributed by atoms with Crippen molar-refractivity contribution in [3.8, 4) is 11.1 Å². The average Bonchev–Trinajstić information content (AvgIpc) is 3.73. The number of halogens is 3. The van der Waals surface area contributed by atoms with E-state index in [4.69, 9.17) is 0 Å². The number of alkyl halides is 1. The Morgan fingerprint density at radius 3 is 2.48 bits per heavy atom. The number of carbonyl (C=O) groups excluding carboxylic acids is 4. The number of aromatic nitrogens is 2. The SMILES string of the molecule is O=C1CCC(N2Cc3cc(C4CCN(C[C@@H]5C[C@H]6C[C@@H]7CC7(C5)N6c5ccc(-c6cnc7[nH]cc(C(=O)c8c(F)ccc(NS(=O)(=O)N9CC[C@@H](F)C9)c8F)c7c6)cc5)CC4)ccc3C2=O)C(=O)N1. The molecule has 5 saturated heterocycles. The van der Waals surface area contributed by atoms with Crippen LogP contribution in [0.5, 0.6) is 0 Å². The van der Waals surface area contributed by atoms with Gasteiger partial charge in [-0.3, -0.25) is 29.2 Å². The van der Waals surface area contributed by atoms with Crippen LogP contribution >= 0.6 is 0 Å². The number of hydrogen-bond acceptors (Lipinski definition) is 9. The van der Waals surface area contributed by atoms with E-state index >= 15 is 8.78 Å². The fourth-order valence-corrected chi connectivity index (χ4v) is 14.1. The first kappa shape index (κ1) is 44.1. The molecule has 14 nitrogen and oxygen atoms in total. The van der Waals surface area contributed by atoms with Crippen LogP contribution in [0, 0.1) is 23.5 Å². The summed E-state index contributed by atoms with van der Waals surface area (Å²) >= 11 is 0. The highest BCUT2D eigenvalue weighted by Gasteiger charge is 2.67. The van der Waals surface area contributed by atoms with Crippen molar-refractivity contribution >= 4 is 56.1 Å². The number of rotatable bonds is 11. The third-order valence-electron chi connectivity index (χ3n) is 16.2. The fraction of sp³-hybridized carbons (Fsp3) is 0.431. The van der Waals surface area contributed by atoms with Gasteiger partial charge >= 0.3 is 10.2 Å². The number of nitrogens with zero attached hydrogens (tertiary/aromatic N) is 5. The molecule has 5 aromatic rings. The molecule has 3 N–H and O–H groups in total.